The highest BCUT2D eigenvalue weighted by molar-refractivity contribution is 7.99. The van der Waals surface area contributed by atoms with Gasteiger partial charge in [0.25, 0.3) is 0 Å². The summed E-state index contributed by atoms with van der Waals surface area (Å²) in [5, 5.41) is 0. The second-order valence-electron chi connectivity index (χ2n) is 2.64. The molecule has 0 radical (unpaired) electrons. The molecule has 1 nitrogen and oxygen atoms in total. The summed E-state index contributed by atoms with van der Waals surface area (Å²) in [6, 6.07) is 0.336. The molecule has 11 heavy (non-hydrogen) atoms. The minimum absolute atomic E-state index is 0.336. The number of thioether (sulfide) groups is 1. The molecule has 0 heterocycles. The van der Waals surface area contributed by atoms with Crippen molar-refractivity contribution in [3.05, 3.63) is 11.1 Å². The van der Waals surface area contributed by atoms with Crippen LogP contribution >= 0.6 is 23.4 Å². The lowest BCUT2D eigenvalue weighted by atomic mass is 10.3. The quantitative estimate of drug-likeness (QED) is 0.727. The van der Waals surface area contributed by atoms with Crippen LogP contribution in [0.4, 0.5) is 0 Å². The van der Waals surface area contributed by atoms with Gasteiger partial charge in [-0.1, -0.05) is 24.1 Å². The van der Waals surface area contributed by atoms with Gasteiger partial charge in [0.2, 0.25) is 0 Å². The molecule has 0 aromatic heterocycles. The average molecular weight is 194 g/mol. The fourth-order valence-corrected chi connectivity index (χ4v) is 1.75. The van der Waals surface area contributed by atoms with Crippen molar-refractivity contribution in [2.24, 2.45) is 5.73 Å². The van der Waals surface area contributed by atoms with Gasteiger partial charge in [0.1, 0.15) is 0 Å². The Morgan fingerprint density at radius 1 is 1.73 bits per heavy atom. The Morgan fingerprint density at radius 3 is 2.82 bits per heavy atom. The number of rotatable bonds is 5. The van der Waals surface area contributed by atoms with Gasteiger partial charge < -0.3 is 5.73 Å². The summed E-state index contributed by atoms with van der Waals surface area (Å²) in [4.78, 5) is 0. The molecule has 0 bridgehead atoms. The Morgan fingerprint density at radius 2 is 2.36 bits per heavy atom. The summed E-state index contributed by atoms with van der Waals surface area (Å²) >= 11 is 7.34. The molecule has 66 valence electrons. The maximum absolute atomic E-state index is 5.73. The van der Waals surface area contributed by atoms with Crippen molar-refractivity contribution in [3.63, 3.8) is 0 Å². The van der Waals surface area contributed by atoms with Crippen molar-refractivity contribution in [2.45, 2.75) is 26.3 Å². The third-order valence-electron chi connectivity index (χ3n) is 1.37. The van der Waals surface area contributed by atoms with Gasteiger partial charge in [-0.05, 0) is 13.3 Å². The standard InChI is InChI=1S/C8H16ClNS/c1-3-8(10)6-11-5-7(2)4-9/h4,8H,3,5-6,10H2,1-2H3. The first-order valence-corrected chi connectivity index (χ1v) is 5.39. The van der Waals surface area contributed by atoms with Crippen LogP contribution in [0.2, 0.25) is 0 Å². The fourth-order valence-electron chi connectivity index (χ4n) is 0.521. The molecule has 0 rings (SSSR count). The van der Waals surface area contributed by atoms with Crippen LogP contribution in [0.5, 0.6) is 0 Å². The van der Waals surface area contributed by atoms with Crippen LogP contribution in [-0.4, -0.2) is 17.5 Å². The first-order valence-electron chi connectivity index (χ1n) is 3.79. The molecule has 0 aliphatic heterocycles. The highest BCUT2D eigenvalue weighted by Crippen LogP contribution is 2.09. The van der Waals surface area contributed by atoms with Crippen molar-refractivity contribution in [1.82, 2.24) is 0 Å². The second kappa shape index (κ2) is 7.01. The zero-order chi connectivity index (χ0) is 8.69. The van der Waals surface area contributed by atoms with E-state index >= 15 is 0 Å². The summed E-state index contributed by atoms with van der Waals surface area (Å²) in [7, 11) is 0. The van der Waals surface area contributed by atoms with Crippen LogP contribution in [-0.2, 0) is 0 Å². The van der Waals surface area contributed by atoms with E-state index in [2.05, 4.69) is 6.92 Å². The molecule has 0 aromatic carbocycles. The highest BCUT2D eigenvalue weighted by atomic mass is 35.5. The zero-order valence-electron chi connectivity index (χ0n) is 7.14. The Balaban J connectivity index is 3.27. The molecule has 0 saturated carbocycles. The van der Waals surface area contributed by atoms with Gasteiger partial charge in [0.05, 0.1) is 0 Å². The van der Waals surface area contributed by atoms with E-state index in [4.69, 9.17) is 17.3 Å². The largest absolute Gasteiger partial charge is 0.327 e. The van der Waals surface area contributed by atoms with Gasteiger partial charge in [-0.2, -0.15) is 11.8 Å². The number of hydrogen-bond acceptors (Lipinski definition) is 2. The van der Waals surface area contributed by atoms with E-state index in [1.165, 1.54) is 5.57 Å². The average Bonchev–Trinajstić information content (AvgIpc) is 2.04. The molecule has 0 aliphatic rings. The summed E-state index contributed by atoms with van der Waals surface area (Å²) in [6.07, 6.45) is 1.05. The monoisotopic (exact) mass is 193 g/mol. The summed E-state index contributed by atoms with van der Waals surface area (Å²) in [5.74, 6) is 2.02. The smallest absolute Gasteiger partial charge is 0.0152 e. The van der Waals surface area contributed by atoms with E-state index in [9.17, 15) is 0 Å². The van der Waals surface area contributed by atoms with Crippen LogP contribution in [0.3, 0.4) is 0 Å². The molecule has 2 N–H and O–H groups in total. The van der Waals surface area contributed by atoms with E-state index in [1.54, 1.807) is 5.54 Å². The lowest BCUT2D eigenvalue weighted by Crippen LogP contribution is -2.21. The number of halogens is 1. The van der Waals surface area contributed by atoms with Gasteiger partial charge in [0, 0.05) is 23.1 Å². The predicted octanol–water partition coefficient (Wildman–Crippen LogP) is 2.60. The van der Waals surface area contributed by atoms with Gasteiger partial charge in [0.15, 0.2) is 0 Å². The molecule has 0 aromatic rings. The minimum Gasteiger partial charge on any atom is -0.327 e. The molecule has 0 aliphatic carbocycles. The van der Waals surface area contributed by atoms with E-state index in [1.807, 2.05) is 18.7 Å². The van der Waals surface area contributed by atoms with Crippen molar-refractivity contribution in [3.8, 4) is 0 Å². The molecular weight excluding hydrogens is 178 g/mol. The Bertz CT molecular complexity index is 125. The number of nitrogens with two attached hydrogens (primary N) is 1. The first kappa shape index (κ1) is 11.3. The summed E-state index contributed by atoms with van der Waals surface area (Å²) < 4.78 is 0. The molecule has 1 atom stereocenters. The maximum atomic E-state index is 5.73. The minimum atomic E-state index is 0.336. The van der Waals surface area contributed by atoms with Crippen LogP contribution < -0.4 is 5.73 Å². The van der Waals surface area contributed by atoms with Gasteiger partial charge in [-0.3, -0.25) is 0 Å². The third kappa shape index (κ3) is 6.73. The Labute approximate surface area is 78.4 Å². The summed E-state index contributed by atoms with van der Waals surface area (Å²) in [6.45, 7) is 4.13. The highest BCUT2D eigenvalue weighted by Gasteiger charge is 1.98. The van der Waals surface area contributed by atoms with E-state index in [0.717, 1.165) is 17.9 Å². The van der Waals surface area contributed by atoms with Crippen molar-refractivity contribution in [1.29, 1.82) is 0 Å². The number of hydrogen-bond donors (Lipinski definition) is 1. The second-order valence-corrected chi connectivity index (χ2v) is 3.89. The van der Waals surface area contributed by atoms with Crippen LogP contribution in [0.1, 0.15) is 20.3 Å². The molecule has 0 saturated heterocycles. The van der Waals surface area contributed by atoms with Crippen LogP contribution in [0.15, 0.2) is 11.1 Å². The lowest BCUT2D eigenvalue weighted by molar-refractivity contribution is 0.725. The third-order valence-corrected chi connectivity index (χ3v) is 3.07. The Hall–Kier alpha value is 0.340. The molecular formula is C8H16ClNS. The summed E-state index contributed by atoms with van der Waals surface area (Å²) in [5.41, 5.74) is 8.57. The van der Waals surface area contributed by atoms with Crippen LogP contribution in [0, 0.1) is 0 Å². The molecule has 0 fully saturated rings. The topological polar surface area (TPSA) is 26.0 Å². The first-order chi connectivity index (χ1) is 5.20. The molecule has 1 unspecified atom stereocenters. The van der Waals surface area contributed by atoms with Crippen molar-refractivity contribution < 1.29 is 0 Å². The lowest BCUT2D eigenvalue weighted by Gasteiger charge is -2.07. The predicted molar refractivity (Wildman–Crippen MR) is 55.2 cm³/mol. The zero-order valence-corrected chi connectivity index (χ0v) is 8.71. The van der Waals surface area contributed by atoms with Gasteiger partial charge in [-0.15, -0.1) is 0 Å². The van der Waals surface area contributed by atoms with Gasteiger partial charge in [-0.25, -0.2) is 0 Å². The molecule has 0 amide bonds. The van der Waals surface area contributed by atoms with Gasteiger partial charge >= 0.3 is 0 Å². The molecule has 3 heteroatoms. The van der Waals surface area contributed by atoms with E-state index in [0.29, 0.717) is 6.04 Å². The maximum Gasteiger partial charge on any atom is 0.0152 e. The molecule has 0 spiro atoms. The van der Waals surface area contributed by atoms with Crippen LogP contribution in [0.25, 0.3) is 0 Å². The van der Waals surface area contributed by atoms with E-state index in [-0.39, 0.29) is 0 Å². The normalized spacial score (nSPS) is 15.1. The fraction of sp³-hybridized carbons (Fsp3) is 0.750. The SMILES string of the molecule is CCC(N)CSCC(C)=CCl. The van der Waals surface area contributed by atoms with E-state index < -0.39 is 0 Å². The van der Waals surface area contributed by atoms with Crippen molar-refractivity contribution >= 4 is 23.4 Å². The Kier molecular flexibility index (Phi) is 7.23. The van der Waals surface area contributed by atoms with Crippen molar-refractivity contribution in [2.75, 3.05) is 11.5 Å².